The van der Waals surface area contributed by atoms with Crippen molar-refractivity contribution in [1.82, 2.24) is 9.88 Å². The minimum absolute atomic E-state index is 0.0697. The number of nitrogens with zero attached hydrogens (tertiary/aromatic N) is 1. The zero-order valence-electron chi connectivity index (χ0n) is 15.1. The Hall–Kier alpha value is -3.29. The van der Waals surface area contributed by atoms with E-state index in [-0.39, 0.29) is 40.1 Å². The molecule has 1 amide bonds. The molecule has 0 aliphatic heterocycles. The number of phenols is 1. The number of rotatable bonds is 4. The van der Waals surface area contributed by atoms with Gasteiger partial charge in [-0.15, -0.1) is 0 Å². The summed E-state index contributed by atoms with van der Waals surface area (Å²) in [5.74, 6) is -4.97. The van der Waals surface area contributed by atoms with E-state index in [1.807, 2.05) is 0 Å². The van der Waals surface area contributed by atoms with Crippen molar-refractivity contribution < 1.29 is 27.9 Å². The smallest absolute Gasteiger partial charge is 0.262 e. The molecule has 5 nitrogen and oxygen atoms in total. The molecule has 1 aromatic heterocycles. The monoisotopic (exact) mass is 390 g/mol. The predicted octanol–water partition coefficient (Wildman–Crippen LogP) is 3.44. The maximum Gasteiger partial charge on any atom is 0.262 e. The summed E-state index contributed by atoms with van der Waals surface area (Å²) < 4.78 is 42.5. The fraction of sp³-hybridized carbons (Fsp3) is 0.200. The summed E-state index contributed by atoms with van der Waals surface area (Å²) in [6.07, 6.45) is -0.214. The van der Waals surface area contributed by atoms with Crippen LogP contribution in [-0.2, 0) is 11.2 Å². The van der Waals surface area contributed by atoms with Gasteiger partial charge in [-0.2, -0.15) is 0 Å². The van der Waals surface area contributed by atoms with Gasteiger partial charge in [-0.3, -0.25) is 14.2 Å². The second-order valence-electron chi connectivity index (χ2n) is 6.26. The number of nitrogens with one attached hydrogen (secondary N) is 1. The highest BCUT2D eigenvalue weighted by molar-refractivity contribution is 6.05. The minimum atomic E-state index is -1.19. The average molecular weight is 390 g/mol. The first-order chi connectivity index (χ1) is 13.3. The molecule has 3 aromatic rings. The van der Waals surface area contributed by atoms with E-state index in [0.717, 1.165) is 28.8 Å². The molecule has 2 aromatic carbocycles. The maximum atomic E-state index is 14.7. The number of aromatic hydroxyl groups is 1. The van der Waals surface area contributed by atoms with Gasteiger partial charge in [0.2, 0.25) is 5.91 Å². The molecule has 0 saturated heterocycles. The number of likely N-dealkylation sites (N-methyl/N-ethyl adjacent to an activating group) is 1. The molecule has 0 aliphatic rings. The van der Waals surface area contributed by atoms with Crippen molar-refractivity contribution in [2.24, 2.45) is 0 Å². The SMILES string of the molecule is CCNC(=O)Cc1c(C)n(C(=O)c2ccc(F)c(F)c2)c2ccc(O)c(F)c12. The standard InChI is InChI=1S/C20H17F3N2O3/c1-3-24-17(27)9-12-10(2)25(15-6-7-16(26)19(23)18(12)15)20(28)11-4-5-13(21)14(22)8-11/h4-8,26H,3,9H2,1-2H3,(H,24,27). The van der Waals surface area contributed by atoms with Crippen LogP contribution in [-0.4, -0.2) is 28.0 Å². The molecule has 0 saturated carbocycles. The van der Waals surface area contributed by atoms with Crippen LogP contribution >= 0.6 is 0 Å². The van der Waals surface area contributed by atoms with Crippen molar-refractivity contribution in [1.29, 1.82) is 0 Å². The Kier molecular flexibility index (Phi) is 5.13. The highest BCUT2D eigenvalue weighted by Crippen LogP contribution is 2.33. The third-order valence-corrected chi connectivity index (χ3v) is 4.50. The molecule has 2 N–H and O–H groups in total. The van der Waals surface area contributed by atoms with Gasteiger partial charge < -0.3 is 10.4 Å². The molecule has 8 heteroatoms. The summed E-state index contributed by atoms with van der Waals surface area (Å²) in [7, 11) is 0. The van der Waals surface area contributed by atoms with Gasteiger partial charge in [0.15, 0.2) is 23.2 Å². The third kappa shape index (κ3) is 3.21. The van der Waals surface area contributed by atoms with Crippen molar-refractivity contribution in [3.8, 4) is 5.75 Å². The lowest BCUT2D eigenvalue weighted by Gasteiger charge is -2.08. The first kappa shape index (κ1) is 19.5. The summed E-state index contributed by atoms with van der Waals surface area (Å²) in [5.41, 5.74) is 0.463. The maximum absolute atomic E-state index is 14.7. The van der Waals surface area contributed by atoms with Gasteiger partial charge in [-0.05, 0) is 49.7 Å². The molecular weight excluding hydrogens is 373 g/mol. The van der Waals surface area contributed by atoms with Crippen molar-refractivity contribution in [2.45, 2.75) is 20.3 Å². The third-order valence-electron chi connectivity index (χ3n) is 4.50. The molecule has 0 bridgehead atoms. The number of phenolic OH excluding ortho intramolecular Hbond substituents is 1. The average Bonchev–Trinajstić information content (AvgIpc) is 2.92. The largest absolute Gasteiger partial charge is 0.505 e. The van der Waals surface area contributed by atoms with Crippen LogP contribution in [0, 0.1) is 24.4 Å². The number of carbonyl (C=O) groups excluding carboxylic acids is 2. The summed E-state index contributed by atoms with van der Waals surface area (Å²) in [4.78, 5) is 25.0. The number of halogens is 3. The molecule has 146 valence electrons. The quantitative estimate of drug-likeness (QED) is 0.717. The molecule has 3 rings (SSSR count). The topological polar surface area (TPSA) is 71.3 Å². The molecule has 0 spiro atoms. The number of amides is 1. The van der Waals surface area contributed by atoms with E-state index in [4.69, 9.17) is 0 Å². The first-order valence-corrected chi connectivity index (χ1v) is 8.54. The number of aromatic nitrogens is 1. The van der Waals surface area contributed by atoms with Crippen LogP contribution in [0.1, 0.15) is 28.5 Å². The van der Waals surface area contributed by atoms with Gasteiger partial charge in [-0.25, -0.2) is 13.2 Å². The van der Waals surface area contributed by atoms with Crippen LogP contribution in [0.5, 0.6) is 5.75 Å². The normalized spacial score (nSPS) is 11.0. The summed E-state index contributed by atoms with van der Waals surface area (Å²) in [5, 5.41) is 12.3. The molecule has 0 aliphatic carbocycles. The van der Waals surface area contributed by atoms with Crippen LogP contribution < -0.4 is 5.32 Å². The summed E-state index contributed by atoms with van der Waals surface area (Å²) in [6.45, 7) is 3.62. The van der Waals surface area contributed by atoms with Crippen molar-refractivity contribution >= 4 is 22.7 Å². The van der Waals surface area contributed by atoms with Crippen LogP contribution in [0.25, 0.3) is 10.9 Å². The summed E-state index contributed by atoms with van der Waals surface area (Å²) in [6, 6.07) is 5.11. The van der Waals surface area contributed by atoms with Gasteiger partial charge in [0.1, 0.15) is 0 Å². The molecule has 0 atom stereocenters. The zero-order chi connectivity index (χ0) is 20.6. The Morgan fingerprint density at radius 2 is 1.82 bits per heavy atom. The second kappa shape index (κ2) is 7.38. The van der Waals surface area contributed by atoms with E-state index in [1.54, 1.807) is 6.92 Å². The second-order valence-corrected chi connectivity index (χ2v) is 6.26. The van der Waals surface area contributed by atoms with Crippen LogP contribution in [0.4, 0.5) is 13.2 Å². The fourth-order valence-corrected chi connectivity index (χ4v) is 3.18. The van der Waals surface area contributed by atoms with Gasteiger partial charge >= 0.3 is 0 Å². The Morgan fingerprint density at radius 3 is 2.46 bits per heavy atom. The Bertz CT molecular complexity index is 1110. The van der Waals surface area contributed by atoms with Gasteiger partial charge in [0, 0.05) is 23.2 Å². The lowest BCUT2D eigenvalue weighted by atomic mass is 10.1. The molecule has 1 heterocycles. The fourth-order valence-electron chi connectivity index (χ4n) is 3.18. The molecular formula is C20H17F3N2O3. The minimum Gasteiger partial charge on any atom is -0.505 e. The highest BCUT2D eigenvalue weighted by Gasteiger charge is 2.25. The number of carbonyl (C=O) groups is 2. The molecule has 0 unspecified atom stereocenters. The van der Waals surface area contributed by atoms with Crippen molar-refractivity contribution in [2.75, 3.05) is 6.54 Å². The zero-order valence-corrected chi connectivity index (χ0v) is 15.1. The van der Waals surface area contributed by atoms with Gasteiger partial charge in [-0.1, -0.05) is 0 Å². The van der Waals surface area contributed by atoms with Crippen LogP contribution in [0.3, 0.4) is 0 Å². The van der Waals surface area contributed by atoms with E-state index < -0.39 is 29.1 Å². The Labute approximate surface area is 158 Å². The van der Waals surface area contributed by atoms with Crippen molar-refractivity contribution in [3.05, 3.63) is 64.6 Å². The lowest BCUT2D eigenvalue weighted by molar-refractivity contribution is -0.120. The van der Waals surface area contributed by atoms with Crippen molar-refractivity contribution in [3.63, 3.8) is 0 Å². The molecule has 0 fully saturated rings. The molecule has 28 heavy (non-hydrogen) atoms. The first-order valence-electron chi connectivity index (χ1n) is 8.54. The van der Waals surface area contributed by atoms with E-state index in [1.165, 1.54) is 13.0 Å². The Morgan fingerprint density at radius 1 is 1.11 bits per heavy atom. The van der Waals surface area contributed by atoms with E-state index in [2.05, 4.69) is 5.32 Å². The van der Waals surface area contributed by atoms with E-state index in [0.29, 0.717) is 6.54 Å². The number of hydrogen-bond donors (Lipinski definition) is 2. The number of benzene rings is 2. The van der Waals surface area contributed by atoms with E-state index in [9.17, 15) is 27.9 Å². The van der Waals surface area contributed by atoms with Crippen LogP contribution in [0.15, 0.2) is 30.3 Å². The number of hydrogen-bond acceptors (Lipinski definition) is 3. The predicted molar refractivity (Wildman–Crippen MR) is 96.8 cm³/mol. The Balaban J connectivity index is 2.24. The number of fused-ring (bicyclic) bond motifs is 1. The molecule has 0 radical (unpaired) electrons. The van der Waals surface area contributed by atoms with Gasteiger partial charge in [0.25, 0.3) is 5.91 Å². The highest BCUT2D eigenvalue weighted by atomic mass is 19.2. The van der Waals surface area contributed by atoms with Gasteiger partial charge in [0.05, 0.1) is 11.9 Å². The summed E-state index contributed by atoms with van der Waals surface area (Å²) >= 11 is 0. The van der Waals surface area contributed by atoms with E-state index >= 15 is 0 Å². The van der Waals surface area contributed by atoms with Crippen LogP contribution in [0.2, 0.25) is 0 Å². The lowest BCUT2D eigenvalue weighted by Crippen LogP contribution is -2.25.